The minimum Gasteiger partial charge on any atom is -1.00 e. The molecule has 11 heteroatoms. The summed E-state index contributed by atoms with van der Waals surface area (Å²) in [6.07, 6.45) is -10.2. The molecule has 0 heterocycles. The number of aryl methyl sites for hydroxylation is 1. The third-order valence-electron chi connectivity index (χ3n) is 3.90. The normalized spacial score (nSPS) is 12.1. The molecule has 0 aliphatic heterocycles. The third kappa shape index (κ3) is 6.75. The molecule has 2 rings (SSSR count). The van der Waals surface area contributed by atoms with Gasteiger partial charge in [-0.1, -0.05) is 12.1 Å². The molecule has 0 aliphatic rings. The molecule has 2 aromatic carbocycles. The van der Waals surface area contributed by atoms with Crippen LogP contribution in [0.4, 0.5) is 26.3 Å². The first-order chi connectivity index (χ1) is 13.4. The quantitative estimate of drug-likeness (QED) is 0.284. The SMILES string of the molecule is COCCOc1ccc(PC(=O)c2c(C(F)(F)F)cccc2C(F)(F)F)c(C)c1.[H-].[Li+]. The molecule has 3 nitrogen and oxygen atoms in total. The van der Waals surface area contributed by atoms with E-state index in [0.717, 1.165) is 0 Å². The summed E-state index contributed by atoms with van der Waals surface area (Å²) in [6, 6.07) is 6.11. The summed E-state index contributed by atoms with van der Waals surface area (Å²) in [5.41, 5.74) is -5.26. The van der Waals surface area contributed by atoms with Gasteiger partial charge < -0.3 is 10.9 Å². The predicted molar refractivity (Wildman–Crippen MR) is 98.4 cm³/mol. The van der Waals surface area contributed by atoms with Gasteiger partial charge in [-0.05, 0) is 50.6 Å². The maximum Gasteiger partial charge on any atom is 1.00 e. The van der Waals surface area contributed by atoms with Gasteiger partial charge in [0.05, 0.1) is 17.7 Å². The van der Waals surface area contributed by atoms with Crippen molar-refractivity contribution in [1.82, 2.24) is 0 Å². The van der Waals surface area contributed by atoms with E-state index < -0.39 is 43.1 Å². The van der Waals surface area contributed by atoms with Crippen LogP contribution in [-0.4, -0.2) is 25.8 Å². The molecular weight excluding hydrogens is 428 g/mol. The molecule has 0 radical (unpaired) electrons. The molecule has 0 fully saturated rings. The fourth-order valence-corrected chi connectivity index (χ4v) is 3.64. The molecule has 0 saturated heterocycles. The zero-order valence-electron chi connectivity index (χ0n) is 17.4. The number of methoxy groups -OCH3 is 1. The van der Waals surface area contributed by atoms with Gasteiger partial charge in [0.1, 0.15) is 12.4 Å². The Morgan fingerprint density at radius 2 is 1.57 bits per heavy atom. The summed E-state index contributed by atoms with van der Waals surface area (Å²) in [5.74, 6) is 0.451. The summed E-state index contributed by atoms with van der Waals surface area (Å²) in [5, 5.41) is 0.333. The van der Waals surface area contributed by atoms with Gasteiger partial charge in [0.25, 0.3) is 0 Å². The first kappa shape index (κ1) is 26.5. The Balaban J connectivity index is 0.00000450. The first-order valence-electron chi connectivity index (χ1n) is 8.26. The summed E-state index contributed by atoms with van der Waals surface area (Å²) in [6.45, 7) is 2.21. The molecule has 1 atom stereocenters. The average Bonchev–Trinajstić information content (AvgIpc) is 2.62. The number of hydrogen-bond acceptors (Lipinski definition) is 3. The van der Waals surface area contributed by atoms with E-state index in [0.29, 0.717) is 41.4 Å². The van der Waals surface area contributed by atoms with Crippen LogP contribution in [0.1, 0.15) is 28.5 Å². The fourth-order valence-electron chi connectivity index (χ4n) is 2.56. The number of halogens is 6. The van der Waals surface area contributed by atoms with Crippen molar-refractivity contribution in [3.05, 3.63) is 58.7 Å². The number of carbonyl (C=O) groups excluding carboxylic acids is 1. The second-order valence-corrected chi connectivity index (χ2v) is 7.24. The van der Waals surface area contributed by atoms with Crippen LogP contribution in [0.2, 0.25) is 0 Å². The van der Waals surface area contributed by atoms with Crippen LogP contribution in [0.3, 0.4) is 0 Å². The second-order valence-electron chi connectivity index (χ2n) is 6.00. The van der Waals surface area contributed by atoms with Gasteiger partial charge in [0.15, 0.2) is 5.52 Å². The number of ether oxygens (including phenoxy) is 2. The standard InChI is InChI=1S/C19H17F6O3P.Li.H/c1-11-10-12(28-9-8-27-2)6-7-15(11)29-17(26)16-13(18(20,21)22)4-3-5-14(16)19(23,24)25;;/h3-7,10,29H,8-9H2,1-2H3;;/q;+1;-1. The van der Waals surface area contributed by atoms with Gasteiger partial charge in [-0.2, -0.15) is 26.3 Å². The monoisotopic (exact) mass is 446 g/mol. The molecular formula is C19H18F6LiO3P. The number of benzene rings is 2. The van der Waals surface area contributed by atoms with Crippen LogP contribution in [0.25, 0.3) is 0 Å². The molecule has 0 aliphatic carbocycles. The molecule has 2 aromatic rings. The number of hydrogen-bond donors (Lipinski definition) is 0. The molecule has 30 heavy (non-hydrogen) atoms. The Labute approximate surface area is 184 Å². The maximum absolute atomic E-state index is 13.3. The number of alkyl halides is 6. The largest absolute Gasteiger partial charge is 1.00 e. The average molecular weight is 446 g/mol. The molecule has 0 amide bonds. The Kier molecular flexibility index (Phi) is 9.43. The van der Waals surface area contributed by atoms with Crippen molar-refractivity contribution >= 4 is 19.4 Å². The Bertz CT molecular complexity index is 858. The number of rotatable bonds is 7. The molecule has 1 unspecified atom stereocenters. The summed E-state index contributed by atoms with van der Waals surface area (Å²) in [4.78, 5) is 12.6. The molecule has 0 saturated carbocycles. The van der Waals surface area contributed by atoms with Gasteiger partial charge in [0.2, 0.25) is 0 Å². The van der Waals surface area contributed by atoms with Crippen molar-refractivity contribution in [3.8, 4) is 5.75 Å². The zero-order chi connectivity index (χ0) is 21.8. The van der Waals surface area contributed by atoms with E-state index in [1.165, 1.54) is 19.2 Å². The van der Waals surface area contributed by atoms with Crippen molar-refractivity contribution < 1.29 is 60.9 Å². The van der Waals surface area contributed by atoms with Crippen LogP contribution < -0.4 is 28.9 Å². The van der Waals surface area contributed by atoms with Crippen molar-refractivity contribution in [2.75, 3.05) is 20.3 Å². The first-order valence-corrected chi connectivity index (χ1v) is 9.26. The van der Waals surface area contributed by atoms with Crippen LogP contribution in [-0.2, 0) is 17.1 Å². The minimum absolute atomic E-state index is 0. The van der Waals surface area contributed by atoms with Crippen LogP contribution in [0.15, 0.2) is 36.4 Å². The van der Waals surface area contributed by atoms with Crippen molar-refractivity contribution in [2.45, 2.75) is 19.3 Å². The smallest absolute Gasteiger partial charge is 1.00 e. The predicted octanol–water partition coefficient (Wildman–Crippen LogP) is 2.32. The van der Waals surface area contributed by atoms with Crippen LogP contribution >= 0.6 is 8.58 Å². The molecule has 0 aromatic heterocycles. The van der Waals surface area contributed by atoms with E-state index in [4.69, 9.17) is 9.47 Å². The summed E-state index contributed by atoms with van der Waals surface area (Å²) < 4.78 is 89.8. The van der Waals surface area contributed by atoms with Gasteiger partial charge in [-0.25, -0.2) is 0 Å². The fraction of sp³-hybridized carbons (Fsp3) is 0.316. The Morgan fingerprint density at radius 1 is 1.00 bits per heavy atom. The van der Waals surface area contributed by atoms with Gasteiger partial charge in [-0.3, -0.25) is 4.79 Å². The molecule has 160 valence electrons. The summed E-state index contributed by atoms with van der Waals surface area (Å²) in [7, 11) is 0.584. The van der Waals surface area contributed by atoms with Crippen molar-refractivity contribution in [3.63, 3.8) is 0 Å². The van der Waals surface area contributed by atoms with Gasteiger partial charge in [-0.15, -0.1) is 0 Å². The Hall–Kier alpha value is -1.52. The maximum atomic E-state index is 13.3. The molecule has 0 spiro atoms. The van der Waals surface area contributed by atoms with E-state index in [1.54, 1.807) is 13.0 Å². The van der Waals surface area contributed by atoms with E-state index in [2.05, 4.69) is 0 Å². The van der Waals surface area contributed by atoms with E-state index in [1.807, 2.05) is 0 Å². The number of carbonyl (C=O) groups is 1. The van der Waals surface area contributed by atoms with E-state index >= 15 is 0 Å². The van der Waals surface area contributed by atoms with Crippen LogP contribution in [0, 0.1) is 6.92 Å². The van der Waals surface area contributed by atoms with Gasteiger partial charge >= 0.3 is 31.2 Å². The Morgan fingerprint density at radius 3 is 2.03 bits per heavy atom. The topological polar surface area (TPSA) is 35.5 Å². The van der Waals surface area contributed by atoms with Crippen LogP contribution in [0.5, 0.6) is 5.75 Å². The third-order valence-corrected chi connectivity index (χ3v) is 5.21. The van der Waals surface area contributed by atoms with Crippen molar-refractivity contribution in [1.29, 1.82) is 0 Å². The summed E-state index contributed by atoms with van der Waals surface area (Å²) >= 11 is 0. The van der Waals surface area contributed by atoms with E-state index in [-0.39, 0.29) is 26.9 Å². The van der Waals surface area contributed by atoms with E-state index in [9.17, 15) is 31.1 Å². The molecule has 0 N–H and O–H groups in total. The zero-order valence-corrected chi connectivity index (χ0v) is 17.4. The minimum atomic E-state index is -5.09. The van der Waals surface area contributed by atoms with Gasteiger partial charge in [0, 0.05) is 12.7 Å². The second kappa shape index (κ2) is 10.7. The van der Waals surface area contributed by atoms with Crippen molar-refractivity contribution in [2.24, 2.45) is 0 Å². The molecule has 0 bridgehead atoms.